The average Bonchev–Trinajstić information content (AvgIpc) is 2.29. The molecule has 1 atom stereocenters. The molecule has 82 valence electrons. The first kappa shape index (κ1) is 10.2. The van der Waals surface area contributed by atoms with Gasteiger partial charge in [0.25, 0.3) is 0 Å². The van der Waals surface area contributed by atoms with Crippen molar-refractivity contribution in [3.05, 3.63) is 12.3 Å². The zero-order valence-corrected chi connectivity index (χ0v) is 8.63. The summed E-state index contributed by atoms with van der Waals surface area (Å²) in [5, 5.41) is 9.28. The maximum atomic E-state index is 9.28. The maximum Gasteiger partial charge on any atom is 0.221 e. The first-order valence-electron chi connectivity index (χ1n) is 5.27. The number of rotatable bonds is 2. The number of piperidine rings is 1. The van der Waals surface area contributed by atoms with Gasteiger partial charge in [0.1, 0.15) is 5.82 Å². The second-order valence-corrected chi connectivity index (χ2v) is 3.80. The van der Waals surface area contributed by atoms with Crippen LogP contribution in [0.5, 0.6) is 0 Å². The topological polar surface area (TPSA) is 75.3 Å². The van der Waals surface area contributed by atoms with E-state index in [1.165, 1.54) is 6.42 Å². The SMILES string of the molecule is Nc1nccc(N2CCCCC2CO)n1. The molecule has 1 unspecified atom stereocenters. The van der Waals surface area contributed by atoms with Crippen molar-refractivity contribution in [3.63, 3.8) is 0 Å². The Morgan fingerprint density at radius 2 is 2.40 bits per heavy atom. The molecular weight excluding hydrogens is 192 g/mol. The van der Waals surface area contributed by atoms with Gasteiger partial charge in [0.2, 0.25) is 5.95 Å². The molecule has 15 heavy (non-hydrogen) atoms. The summed E-state index contributed by atoms with van der Waals surface area (Å²) >= 11 is 0. The van der Waals surface area contributed by atoms with E-state index in [4.69, 9.17) is 5.73 Å². The molecule has 0 aromatic carbocycles. The van der Waals surface area contributed by atoms with Gasteiger partial charge in [-0.05, 0) is 25.3 Å². The minimum absolute atomic E-state index is 0.171. The quantitative estimate of drug-likeness (QED) is 0.736. The average molecular weight is 208 g/mol. The van der Waals surface area contributed by atoms with E-state index in [9.17, 15) is 5.11 Å². The molecule has 0 spiro atoms. The zero-order chi connectivity index (χ0) is 10.7. The maximum absolute atomic E-state index is 9.28. The second kappa shape index (κ2) is 4.44. The van der Waals surface area contributed by atoms with Gasteiger partial charge in [0.15, 0.2) is 0 Å². The molecule has 1 fully saturated rings. The molecule has 0 saturated carbocycles. The highest BCUT2D eigenvalue weighted by atomic mass is 16.3. The lowest BCUT2D eigenvalue weighted by atomic mass is 10.0. The van der Waals surface area contributed by atoms with Crippen molar-refractivity contribution in [1.29, 1.82) is 0 Å². The predicted molar refractivity (Wildman–Crippen MR) is 58.5 cm³/mol. The Labute approximate surface area is 88.9 Å². The summed E-state index contributed by atoms with van der Waals surface area (Å²) in [6, 6.07) is 2.01. The van der Waals surface area contributed by atoms with Gasteiger partial charge >= 0.3 is 0 Å². The number of anilines is 2. The number of hydrogen-bond donors (Lipinski definition) is 2. The van der Waals surface area contributed by atoms with Crippen LogP contribution < -0.4 is 10.6 Å². The van der Waals surface area contributed by atoms with Crippen molar-refractivity contribution >= 4 is 11.8 Å². The van der Waals surface area contributed by atoms with Gasteiger partial charge in [-0.1, -0.05) is 0 Å². The number of nitrogens with zero attached hydrogens (tertiary/aromatic N) is 3. The molecule has 0 amide bonds. The molecule has 1 aliphatic heterocycles. The summed E-state index contributed by atoms with van der Waals surface area (Å²) in [6.07, 6.45) is 4.98. The highest BCUT2D eigenvalue weighted by molar-refractivity contribution is 5.42. The molecule has 3 N–H and O–H groups in total. The van der Waals surface area contributed by atoms with Crippen molar-refractivity contribution < 1.29 is 5.11 Å². The van der Waals surface area contributed by atoms with E-state index >= 15 is 0 Å². The summed E-state index contributed by atoms with van der Waals surface area (Å²) in [7, 11) is 0. The number of aliphatic hydroxyl groups excluding tert-OH is 1. The van der Waals surface area contributed by atoms with E-state index in [1.807, 2.05) is 6.07 Å². The molecule has 1 aliphatic rings. The van der Waals surface area contributed by atoms with Gasteiger partial charge < -0.3 is 15.7 Å². The lowest BCUT2D eigenvalue weighted by Crippen LogP contribution is -2.42. The van der Waals surface area contributed by atoms with Crippen molar-refractivity contribution in [2.75, 3.05) is 23.8 Å². The summed E-state index contributed by atoms with van der Waals surface area (Å²) < 4.78 is 0. The van der Waals surface area contributed by atoms with Crippen molar-refractivity contribution in [2.45, 2.75) is 25.3 Å². The predicted octanol–water partition coefficient (Wildman–Crippen LogP) is 0.410. The third kappa shape index (κ3) is 2.18. The first-order valence-corrected chi connectivity index (χ1v) is 5.27. The standard InChI is InChI=1S/C10H16N4O/c11-10-12-5-4-9(13-10)14-6-2-1-3-8(14)7-15/h4-5,8,15H,1-3,6-7H2,(H2,11,12,13). The van der Waals surface area contributed by atoms with Crippen LogP contribution in [0.1, 0.15) is 19.3 Å². The Morgan fingerprint density at radius 3 is 3.13 bits per heavy atom. The highest BCUT2D eigenvalue weighted by Crippen LogP contribution is 2.22. The number of aromatic nitrogens is 2. The third-order valence-corrected chi connectivity index (χ3v) is 2.79. The fraction of sp³-hybridized carbons (Fsp3) is 0.600. The van der Waals surface area contributed by atoms with Crippen LogP contribution in [0.3, 0.4) is 0 Å². The minimum atomic E-state index is 0.171. The van der Waals surface area contributed by atoms with Crippen LogP contribution >= 0.6 is 0 Å². The Hall–Kier alpha value is -1.36. The van der Waals surface area contributed by atoms with E-state index in [2.05, 4.69) is 14.9 Å². The van der Waals surface area contributed by atoms with Crippen LogP contribution in [0.2, 0.25) is 0 Å². The second-order valence-electron chi connectivity index (χ2n) is 3.80. The largest absolute Gasteiger partial charge is 0.394 e. The number of aliphatic hydroxyl groups is 1. The Morgan fingerprint density at radius 1 is 1.53 bits per heavy atom. The molecule has 0 bridgehead atoms. The number of nitrogen functional groups attached to an aromatic ring is 1. The van der Waals surface area contributed by atoms with Gasteiger partial charge in [-0.25, -0.2) is 4.98 Å². The Bertz CT molecular complexity index is 331. The van der Waals surface area contributed by atoms with E-state index in [0.717, 1.165) is 25.2 Å². The molecule has 5 heteroatoms. The van der Waals surface area contributed by atoms with Gasteiger partial charge in [-0.3, -0.25) is 0 Å². The van der Waals surface area contributed by atoms with Gasteiger partial charge in [0, 0.05) is 12.7 Å². The fourth-order valence-corrected chi connectivity index (χ4v) is 2.02. The molecule has 2 rings (SSSR count). The van der Waals surface area contributed by atoms with Crippen molar-refractivity contribution in [1.82, 2.24) is 9.97 Å². The monoisotopic (exact) mass is 208 g/mol. The minimum Gasteiger partial charge on any atom is -0.394 e. The Kier molecular flexibility index (Phi) is 3.01. The Balaban J connectivity index is 2.20. The van der Waals surface area contributed by atoms with E-state index < -0.39 is 0 Å². The lowest BCUT2D eigenvalue weighted by Gasteiger charge is -2.35. The van der Waals surface area contributed by atoms with E-state index in [0.29, 0.717) is 0 Å². The van der Waals surface area contributed by atoms with Crippen LogP contribution in [0.4, 0.5) is 11.8 Å². The lowest BCUT2D eigenvalue weighted by molar-refractivity contribution is 0.239. The molecule has 5 nitrogen and oxygen atoms in total. The van der Waals surface area contributed by atoms with E-state index in [1.54, 1.807) is 6.20 Å². The van der Waals surface area contributed by atoms with Gasteiger partial charge in [-0.15, -0.1) is 0 Å². The zero-order valence-electron chi connectivity index (χ0n) is 8.63. The van der Waals surface area contributed by atoms with Crippen LogP contribution in [-0.2, 0) is 0 Å². The van der Waals surface area contributed by atoms with Gasteiger partial charge in [0.05, 0.1) is 12.6 Å². The molecule has 1 aromatic rings. The normalized spacial score (nSPS) is 21.7. The molecule has 0 aliphatic carbocycles. The van der Waals surface area contributed by atoms with Crippen LogP contribution in [-0.4, -0.2) is 34.3 Å². The summed E-state index contributed by atoms with van der Waals surface area (Å²) in [5.74, 6) is 1.11. The van der Waals surface area contributed by atoms with Gasteiger partial charge in [-0.2, -0.15) is 4.98 Å². The van der Waals surface area contributed by atoms with Crippen LogP contribution in [0, 0.1) is 0 Å². The fourth-order valence-electron chi connectivity index (χ4n) is 2.02. The summed E-state index contributed by atoms with van der Waals surface area (Å²) in [4.78, 5) is 10.2. The summed E-state index contributed by atoms with van der Waals surface area (Å²) in [5.41, 5.74) is 5.54. The number of nitrogens with two attached hydrogens (primary N) is 1. The third-order valence-electron chi connectivity index (χ3n) is 2.79. The summed E-state index contributed by atoms with van der Waals surface area (Å²) in [6.45, 7) is 1.10. The first-order chi connectivity index (χ1) is 7.31. The van der Waals surface area contributed by atoms with E-state index in [-0.39, 0.29) is 18.6 Å². The van der Waals surface area contributed by atoms with Crippen molar-refractivity contribution in [2.24, 2.45) is 0 Å². The molecular formula is C10H16N4O. The smallest absolute Gasteiger partial charge is 0.221 e. The van der Waals surface area contributed by atoms with Crippen LogP contribution in [0.15, 0.2) is 12.3 Å². The van der Waals surface area contributed by atoms with Crippen molar-refractivity contribution in [3.8, 4) is 0 Å². The number of hydrogen-bond acceptors (Lipinski definition) is 5. The molecule has 1 saturated heterocycles. The molecule has 0 radical (unpaired) electrons. The highest BCUT2D eigenvalue weighted by Gasteiger charge is 2.22. The molecule has 1 aromatic heterocycles. The van der Waals surface area contributed by atoms with Crippen LogP contribution in [0.25, 0.3) is 0 Å². The molecule has 2 heterocycles.